The number of aryl methyl sites for hydroxylation is 4. The Kier molecular flexibility index (Phi) is 20.3. The fourth-order valence-corrected chi connectivity index (χ4v) is 10.9. The van der Waals surface area contributed by atoms with Crippen LogP contribution < -0.4 is 18.9 Å². The summed E-state index contributed by atoms with van der Waals surface area (Å²) in [6.45, 7) is 20.7. The van der Waals surface area contributed by atoms with Gasteiger partial charge in [0.25, 0.3) is 23.5 Å². The molecule has 12 heterocycles. The highest BCUT2D eigenvalue weighted by molar-refractivity contribution is 5.52. The highest BCUT2D eigenvalue weighted by atomic mass is 19.1. The number of hydrogen-bond acceptors (Lipinski definition) is 24. The lowest BCUT2D eigenvalue weighted by atomic mass is 9.97. The number of imidazole rings is 4. The molecule has 4 fully saturated rings. The van der Waals surface area contributed by atoms with E-state index in [4.69, 9.17) is 48.1 Å². The minimum atomic E-state index is -1.68. The van der Waals surface area contributed by atoms with E-state index in [1.54, 1.807) is 49.1 Å². The van der Waals surface area contributed by atoms with Crippen LogP contribution in [-0.4, -0.2) is 200 Å². The molecule has 8 aromatic heterocycles. The maximum atomic E-state index is 14.6. The van der Waals surface area contributed by atoms with Crippen molar-refractivity contribution in [1.29, 1.82) is 0 Å². The molecule has 0 radical (unpaired) electrons. The van der Waals surface area contributed by atoms with Crippen LogP contribution in [0.2, 0.25) is 0 Å². The molecule has 16 atom stereocenters. The Morgan fingerprint density at radius 2 is 0.701 bits per heavy atom. The van der Waals surface area contributed by atoms with Gasteiger partial charge in [0.1, 0.15) is 84.5 Å². The fourth-order valence-electron chi connectivity index (χ4n) is 10.9. The van der Waals surface area contributed by atoms with Gasteiger partial charge in [-0.15, -0.1) is 0 Å². The van der Waals surface area contributed by atoms with Gasteiger partial charge in [-0.2, -0.15) is 40.3 Å². The van der Waals surface area contributed by atoms with Crippen LogP contribution in [0.4, 0.5) is 17.6 Å². The molecule has 0 aromatic carbocycles. The van der Waals surface area contributed by atoms with Crippen molar-refractivity contribution in [3.8, 4) is 23.5 Å². The third-order valence-electron chi connectivity index (χ3n) is 15.3. The lowest BCUT2D eigenvalue weighted by Gasteiger charge is -2.13. The van der Waals surface area contributed by atoms with Gasteiger partial charge < -0.3 is 58.3 Å². The molecule has 28 nitrogen and oxygen atoms in total. The molecule has 0 bridgehead atoms. The highest BCUT2D eigenvalue weighted by Gasteiger charge is 2.49. The zero-order valence-electron chi connectivity index (χ0n) is 50.2. The number of halogens is 4. The maximum absolute atomic E-state index is 14.6. The molecule has 0 saturated carbocycles. The van der Waals surface area contributed by atoms with E-state index >= 15 is 0 Å². The van der Waals surface area contributed by atoms with E-state index in [0.29, 0.717) is 106 Å². The lowest BCUT2D eigenvalue weighted by molar-refractivity contribution is -0.0241. The molecule has 0 spiro atoms. The molecule has 4 aliphatic rings. The van der Waals surface area contributed by atoms with Crippen molar-refractivity contribution in [1.82, 2.24) is 78.3 Å². The van der Waals surface area contributed by atoms with E-state index in [-0.39, 0.29) is 29.9 Å². The molecule has 4 aliphatic heterocycles. The molecular formula is C55H74F4N16O12. The smallest absolute Gasteiger partial charge is 0.261 e. The van der Waals surface area contributed by atoms with Crippen molar-refractivity contribution in [2.24, 2.45) is 11.8 Å². The first-order valence-electron chi connectivity index (χ1n) is 28.8. The quantitative estimate of drug-likeness (QED) is 0.0997. The zero-order chi connectivity index (χ0) is 62.7. The summed E-state index contributed by atoms with van der Waals surface area (Å²) in [6.07, 6.45) is -6.25. The second-order valence-corrected chi connectivity index (χ2v) is 21.1. The summed E-state index contributed by atoms with van der Waals surface area (Å²) < 4.78 is 108. The van der Waals surface area contributed by atoms with Gasteiger partial charge in [0.05, 0.1) is 99.9 Å². The number of aliphatic hydroxyl groups is 4. The van der Waals surface area contributed by atoms with E-state index in [2.05, 4.69) is 60.3 Å². The predicted molar refractivity (Wildman–Crippen MR) is 297 cm³/mol. The van der Waals surface area contributed by atoms with Crippen LogP contribution in [0.25, 0.3) is 22.6 Å². The maximum Gasteiger partial charge on any atom is 0.261 e. The number of aromatic nitrogens is 16. The number of nitrogens with zero attached hydrogens (tertiary/aromatic N) is 16. The second-order valence-electron chi connectivity index (χ2n) is 21.1. The van der Waals surface area contributed by atoms with Crippen LogP contribution >= 0.6 is 0 Å². The van der Waals surface area contributed by atoms with Crippen molar-refractivity contribution >= 4 is 22.6 Å². The summed E-state index contributed by atoms with van der Waals surface area (Å²) >= 11 is 0. The standard InChI is InChI=1S/2C15H21FN4O2.C13H17FN4O4.C12H15FN4O4/c2*1-5-11-8(3)12(16)13(22-11)10-7-17-14-15(21-6-2)18-9(4)19-20(10)14;1-3-21-13-12-15-4-7(18(12)17-6(2)16-13)11-9(14)10(20)8(5-19)22-11;1-5-15-12(20-2)11-14-3-6(17(11)16-5)10-8(13)9(19)7(4-18)21-10/h2*7-8,11-13H,5-6H2,1-4H3;4,8-11,19-20H,3,5H2,1-2H3;3,7-10,18-19H,4H2,1-2H3/t2*8-,11-,12-,13+;8-,9-,10-,11+;7-,8-,9-,10+/m1111/s1. The molecule has 0 unspecified atom stereocenters. The van der Waals surface area contributed by atoms with E-state index in [1.807, 2.05) is 48.5 Å². The average molecular weight is 1230 g/mol. The van der Waals surface area contributed by atoms with Crippen molar-refractivity contribution < 1.29 is 75.9 Å². The van der Waals surface area contributed by atoms with E-state index in [1.165, 1.54) is 28.5 Å². The molecule has 12 rings (SSSR count). The average Bonchev–Trinajstić information content (AvgIpc) is 2.15. The van der Waals surface area contributed by atoms with Crippen LogP contribution in [0.1, 0.15) is 132 Å². The number of methoxy groups -OCH3 is 1. The monoisotopic (exact) mass is 1230 g/mol. The summed E-state index contributed by atoms with van der Waals surface area (Å²) in [5, 5.41) is 54.7. The topological polar surface area (TPSA) is 327 Å². The van der Waals surface area contributed by atoms with Crippen LogP contribution in [0.15, 0.2) is 24.8 Å². The third kappa shape index (κ3) is 12.6. The molecule has 32 heteroatoms. The summed E-state index contributed by atoms with van der Waals surface area (Å²) in [7, 11) is 1.45. The number of alkyl halides is 4. The zero-order valence-corrected chi connectivity index (χ0v) is 50.2. The number of hydrogen-bond donors (Lipinski definition) is 4. The molecular weight excluding hydrogens is 1150 g/mol. The predicted octanol–water partition coefficient (Wildman–Crippen LogP) is 4.85. The van der Waals surface area contributed by atoms with E-state index in [0.717, 1.165) is 12.8 Å². The van der Waals surface area contributed by atoms with Gasteiger partial charge in [0.2, 0.25) is 22.6 Å². The number of ether oxygens (including phenoxy) is 8. The Morgan fingerprint density at radius 3 is 0.943 bits per heavy atom. The van der Waals surface area contributed by atoms with E-state index < -0.39 is 86.7 Å². The normalized spacial score (nSPS) is 28.6. The Morgan fingerprint density at radius 1 is 0.437 bits per heavy atom. The molecule has 0 amide bonds. The molecule has 4 N–H and O–H groups in total. The minimum Gasteiger partial charge on any atom is -0.478 e. The first kappa shape index (κ1) is 64.3. The molecule has 87 heavy (non-hydrogen) atoms. The van der Waals surface area contributed by atoms with Gasteiger partial charge in [-0.1, -0.05) is 27.7 Å². The third-order valence-corrected chi connectivity index (χ3v) is 15.3. The van der Waals surface area contributed by atoms with Crippen molar-refractivity contribution in [2.45, 2.75) is 175 Å². The highest BCUT2D eigenvalue weighted by Crippen LogP contribution is 2.43. The van der Waals surface area contributed by atoms with Crippen molar-refractivity contribution in [2.75, 3.05) is 40.1 Å². The fraction of sp³-hybridized carbons (Fsp3) is 0.636. The number of aliphatic hydroxyl groups excluding tert-OH is 4. The van der Waals surface area contributed by atoms with Crippen LogP contribution in [0.5, 0.6) is 23.5 Å². The molecule has 474 valence electrons. The van der Waals surface area contributed by atoms with Gasteiger partial charge in [0.15, 0.2) is 12.3 Å². The molecule has 0 aliphatic carbocycles. The van der Waals surface area contributed by atoms with Crippen molar-refractivity contribution in [3.05, 3.63) is 70.9 Å². The Hall–Kier alpha value is -7.20. The van der Waals surface area contributed by atoms with Crippen LogP contribution in [-0.2, 0) is 18.9 Å². The van der Waals surface area contributed by atoms with Crippen LogP contribution in [0.3, 0.4) is 0 Å². The number of fused-ring (bicyclic) bond motifs is 4. The Bertz CT molecular complexity index is 3340. The van der Waals surface area contributed by atoms with E-state index in [9.17, 15) is 27.8 Å². The largest absolute Gasteiger partial charge is 0.478 e. The number of rotatable bonds is 15. The second kappa shape index (κ2) is 27.5. The summed E-state index contributed by atoms with van der Waals surface area (Å²) in [5.41, 5.74) is 3.54. The first-order valence-corrected chi connectivity index (χ1v) is 28.8. The van der Waals surface area contributed by atoms with Gasteiger partial charge in [-0.05, 0) is 61.3 Å². The molecule has 4 saturated heterocycles. The molecule has 8 aromatic rings. The Labute approximate surface area is 496 Å². The van der Waals surface area contributed by atoms with Crippen molar-refractivity contribution in [3.63, 3.8) is 0 Å². The lowest BCUT2D eigenvalue weighted by Crippen LogP contribution is -2.30. The summed E-state index contributed by atoms with van der Waals surface area (Å²) in [5.74, 6) is 3.05. The van der Waals surface area contributed by atoms with Crippen LogP contribution in [0, 0.1) is 39.5 Å². The van der Waals surface area contributed by atoms with Gasteiger partial charge in [-0.3, -0.25) is 0 Å². The SMILES string of the molecule is CCOc1nc(C)nn2c([C@@H]3O[C@H](CC)[C@@H](C)[C@H]3F)cnc12.CCOc1nc(C)nn2c([C@@H]3O[C@H](CC)[C@@H](C)[C@H]3F)cnc12.CCOc1nc(C)nn2c([C@@H]3O[C@H](CO)[C@@H](O)[C@H]3F)cnc12.COc1nc(C)nn2c([C@@H]3O[C@H](CO)[C@@H](O)[C@H]3F)cnc12. The van der Waals surface area contributed by atoms with Gasteiger partial charge in [-0.25, -0.2) is 55.6 Å². The summed E-state index contributed by atoms with van der Waals surface area (Å²) in [6, 6.07) is 0. The van der Waals surface area contributed by atoms with Gasteiger partial charge >= 0.3 is 0 Å². The summed E-state index contributed by atoms with van der Waals surface area (Å²) in [4.78, 5) is 33.6. The first-order chi connectivity index (χ1) is 41.7. The minimum absolute atomic E-state index is 0.0835. The Balaban J connectivity index is 0.000000138. The van der Waals surface area contributed by atoms with Gasteiger partial charge in [0, 0.05) is 11.8 Å².